The number of carbonyl (C=O) groups is 2. The van der Waals surface area contributed by atoms with Crippen molar-refractivity contribution in [2.45, 2.75) is 39.0 Å². The Labute approximate surface area is 175 Å². The lowest BCUT2D eigenvalue weighted by atomic mass is 9.91. The van der Waals surface area contributed by atoms with Gasteiger partial charge in [0.15, 0.2) is 0 Å². The molecule has 0 aliphatic carbocycles. The van der Waals surface area contributed by atoms with Crippen LogP contribution in [0.2, 0.25) is 0 Å². The summed E-state index contributed by atoms with van der Waals surface area (Å²) in [7, 11) is 0. The van der Waals surface area contributed by atoms with E-state index in [1.165, 1.54) is 6.07 Å². The Kier molecular flexibility index (Phi) is 6.11. The van der Waals surface area contributed by atoms with E-state index in [2.05, 4.69) is 10.1 Å². The van der Waals surface area contributed by atoms with Crippen LogP contribution in [0.3, 0.4) is 0 Å². The highest BCUT2D eigenvalue weighted by Gasteiger charge is 2.32. The van der Waals surface area contributed by atoms with Crippen LogP contribution < -0.4 is 0 Å². The van der Waals surface area contributed by atoms with Gasteiger partial charge in [-0.15, -0.1) is 0 Å². The van der Waals surface area contributed by atoms with Crippen LogP contribution in [0.4, 0.5) is 4.39 Å². The van der Waals surface area contributed by atoms with Gasteiger partial charge in [0.1, 0.15) is 5.82 Å². The van der Waals surface area contributed by atoms with Gasteiger partial charge >= 0.3 is 0 Å². The first-order valence-corrected chi connectivity index (χ1v) is 10.6. The first-order valence-electron chi connectivity index (χ1n) is 10.6. The maximum Gasteiger partial charge on any atom is 0.227 e. The van der Waals surface area contributed by atoms with Crippen molar-refractivity contribution in [3.63, 3.8) is 0 Å². The number of aromatic nitrogens is 2. The number of rotatable bonds is 4. The molecule has 0 N–H and O–H groups in total. The van der Waals surface area contributed by atoms with E-state index < -0.39 is 0 Å². The summed E-state index contributed by atoms with van der Waals surface area (Å²) in [5.74, 6) is 0.861. The topological polar surface area (TPSA) is 79.5 Å². The van der Waals surface area contributed by atoms with Crippen LogP contribution in [0.15, 0.2) is 28.8 Å². The fraction of sp³-hybridized carbons (Fsp3) is 0.545. The Hall–Kier alpha value is -2.77. The summed E-state index contributed by atoms with van der Waals surface area (Å²) in [6, 6.07) is 6.36. The molecule has 2 fully saturated rings. The average molecular weight is 414 g/mol. The lowest BCUT2D eigenvalue weighted by molar-refractivity contribution is -0.141. The maximum absolute atomic E-state index is 13.9. The Morgan fingerprint density at radius 1 is 1.13 bits per heavy atom. The van der Waals surface area contributed by atoms with Crippen molar-refractivity contribution in [2.75, 3.05) is 26.2 Å². The lowest BCUT2D eigenvalue weighted by Crippen LogP contribution is -2.47. The molecule has 1 atom stereocenters. The second-order valence-electron chi connectivity index (χ2n) is 8.27. The largest absolute Gasteiger partial charge is 0.343 e. The van der Waals surface area contributed by atoms with Crippen LogP contribution in [0.5, 0.6) is 0 Å². The highest BCUT2D eigenvalue weighted by atomic mass is 19.1. The van der Waals surface area contributed by atoms with Crippen LogP contribution in [0, 0.1) is 17.7 Å². The summed E-state index contributed by atoms with van der Waals surface area (Å²) >= 11 is 0. The van der Waals surface area contributed by atoms with Gasteiger partial charge in [-0.1, -0.05) is 17.3 Å². The summed E-state index contributed by atoms with van der Waals surface area (Å²) in [4.78, 5) is 32.6. The quantitative estimate of drug-likeness (QED) is 0.769. The highest BCUT2D eigenvalue weighted by molar-refractivity contribution is 5.80. The van der Waals surface area contributed by atoms with E-state index in [4.69, 9.17) is 4.52 Å². The number of hydrogen-bond donors (Lipinski definition) is 0. The van der Waals surface area contributed by atoms with Crippen molar-refractivity contribution in [2.24, 2.45) is 11.8 Å². The molecule has 1 aromatic heterocycles. The molecule has 30 heavy (non-hydrogen) atoms. The number of amides is 2. The van der Waals surface area contributed by atoms with Gasteiger partial charge in [0, 0.05) is 45.4 Å². The first-order chi connectivity index (χ1) is 14.5. The average Bonchev–Trinajstić information content (AvgIpc) is 3.22. The molecule has 0 saturated carbocycles. The molecule has 2 saturated heterocycles. The lowest BCUT2D eigenvalue weighted by Gasteiger charge is -2.37. The molecule has 2 aliphatic heterocycles. The normalized spacial score (nSPS) is 20.4. The molecule has 0 spiro atoms. The van der Waals surface area contributed by atoms with E-state index in [1.807, 2.05) is 9.80 Å². The molecule has 2 aliphatic rings. The molecular formula is C22H27FN4O3. The molecule has 0 bridgehead atoms. The maximum atomic E-state index is 13.9. The summed E-state index contributed by atoms with van der Waals surface area (Å²) in [6.45, 7) is 4.33. The van der Waals surface area contributed by atoms with Crippen molar-refractivity contribution in [3.8, 4) is 11.4 Å². The van der Waals surface area contributed by atoms with Gasteiger partial charge in [-0.3, -0.25) is 9.59 Å². The fourth-order valence-electron chi connectivity index (χ4n) is 4.47. The molecular weight excluding hydrogens is 387 g/mol. The van der Waals surface area contributed by atoms with Crippen LogP contribution in [0.25, 0.3) is 11.4 Å². The van der Waals surface area contributed by atoms with Crippen molar-refractivity contribution in [1.29, 1.82) is 0 Å². The zero-order chi connectivity index (χ0) is 21.1. The van der Waals surface area contributed by atoms with Gasteiger partial charge in [-0.05, 0) is 43.7 Å². The number of piperidine rings is 2. The minimum Gasteiger partial charge on any atom is -0.343 e. The second-order valence-corrected chi connectivity index (χ2v) is 8.27. The Morgan fingerprint density at radius 2 is 1.90 bits per heavy atom. The second kappa shape index (κ2) is 8.93. The fourth-order valence-corrected chi connectivity index (χ4v) is 4.47. The van der Waals surface area contributed by atoms with Crippen molar-refractivity contribution in [3.05, 3.63) is 36.0 Å². The summed E-state index contributed by atoms with van der Waals surface area (Å²) in [5, 5.41) is 3.92. The third-order valence-corrected chi connectivity index (χ3v) is 6.17. The molecule has 1 aromatic carbocycles. The van der Waals surface area contributed by atoms with Gasteiger partial charge in [0.05, 0.1) is 5.56 Å². The standard InChI is InChI=1S/C22H27FN4O3/c1-15(28)26-11-8-17(9-12-26)22(29)27-10-4-5-16(14-27)13-20-24-21(25-30-20)18-6-2-3-7-19(18)23/h2-3,6-7,16-17H,4-5,8-14H2,1H3. The number of likely N-dealkylation sites (tertiary alicyclic amines) is 2. The van der Waals surface area contributed by atoms with Crippen molar-refractivity contribution >= 4 is 11.8 Å². The van der Waals surface area contributed by atoms with E-state index in [-0.39, 0.29) is 35.3 Å². The SMILES string of the molecule is CC(=O)N1CCC(C(=O)N2CCCC(Cc3nc(-c4ccccc4F)no3)C2)CC1. The van der Waals surface area contributed by atoms with Gasteiger partial charge in [-0.25, -0.2) is 4.39 Å². The Morgan fingerprint density at radius 3 is 2.63 bits per heavy atom. The number of halogens is 1. The zero-order valence-corrected chi connectivity index (χ0v) is 17.2. The first kappa shape index (κ1) is 20.5. The van der Waals surface area contributed by atoms with Gasteiger partial charge in [0.2, 0.25) is 23.5 Å². The molecule has 2 aromatic rings. The zero-order valence-electron chi connectivity index (χ0n) is 17.2. The third kappa shape index (κ3) is 4.52. The predicted molar refractivity (Wildman–Crippen MR) is 108 cm³/mol. The van der Waals surface area contributed by atoms with Crippen molar-refractivity contribution in [1.82, 2.24) is 19.9 Å². The number of hydrogen-bond acceptors (Lipinski definition) is 5. The number of nitrogens with zero attached hydrogens (tertiary/aromatic N) is 4. The molecule has 4 rings (SSSR count). The van der Waals surface area contributed by atoms with Crippen LogP contribution in [-0.2, 0) is 16.0 Å². The van der Waals surface area contributed by atoms with Crippen LogP contribution in [0.1, 0.15) is 38.5 Å². The molecule has 1 unspecified atom stereocenters. The molecule has 160 valence electrons. The predicted octanol–water partition coefficient (Wildman–Crippen LogP) is 2.92. The summed E-state index contributed by atoms with van der Waals surface area (Å²) in [6.07, 6.45) is 3.97. The van der Waals surface area contributed by atoms with E-state index in [9.17, 15) is 14.0 Å². The Balaban J connectivity index is 1.34. The van der Waals surface area contributed by atoms with Gasteiger partial charge in [-0.2, -0.15) is 4.98 Å². The van der Waals surface area contributed by atoms with Crippen molar-refractivity contribution < 1.29 is 18.5 Å². The van der Waals surface area contributed by atoms with Crippen LogP contribution >= 0.6 is 0 Å². The van der Waals surface area contributed by atoms with Crippen LogP contribution in [-0.4, -0.2) is 57.9 Å². The third-order valence-electron chi connectivity index (χ3n) is 6.17. The smallest absolute Gasteiger partial charge is 0.227 e. The minimum absolute atomic E-state index is 0.00425. The monoisotopic (exact) mass is 414 g/mol. The summed E-state index contributed by atoms with van der Waals surface area (Å²) in [5.41, 5.74) is 0.324. The molecule has 8 heteroatoms. The molecule has 7 nitrogen and oxygen atoms in total. The van der Waals surface area contributed by atoms with E-state index in [0.717, 1.165) is 32.2 Å². The minimum atomic E-state index is -0.380. The highest BCUT2D eigenvalue weighted by Crippen LogP contribution is 2.26. The summed E-state index contributed by atoms with van der Waals surface area (Å²) < 4.78 is 19.3. The van der Waals surface area contributed by atoms with E-state index >= 15 is 0 Å². The van der Waals surface area contributed by atoms with E-state index in [1.54, 1.807) is 25.1 Å². The van der Waals surface area contributed by atoms with Gasteiger partial charge in [0.25, 0.3) is 0 Å². The van der Waals surface area contributed by atoms with Gasteiger partial charge < -0.3 is 14.3 Å². The van der Waals surface area contributed by atoms with E-state index in [0.29, 0.717) is 37.5 Å². The number of benzene rings is 1. The molecule has 0 radical (unpaired) electrons. The molecule has 3 heterocycles. The molecule has 2 amide bonds. The Bertz CT molecular complexity index is 907. The number of carbonyl (C=O) groups excluding carboxylic acids is 2.